The number of ether oxygens (including phenoxy) is 1. The molecule has 104 valence electrons. The minimum atomic E-state index is -0.668. The number of benzene rings is 2. The van der Waals surface area contributed by atoms with E-state index >= 15 is 0 Å². The molecule has 4 nitrogen and oxygen atoms in total. The summed E-state index contributed by atoms with van der Waals surface area (Å²) in [5.74, 6) is -0.105. The summed E-state index contributed by atoms with van der Waals surface area (Å²) in [4.78, 5) is 11.7. The molecule has 2 aromatic rings. The monoisotopic (exact) mass is 355 g/mol. The van der Waals surface area contributed by atoms with Gasteiger partial charge in [-0.2, -0.15) is 0 Å². The van der Waals surface area contributed by atoms with Gasteiger partial charge in [0.1, 0.15) is 6.61 Å². The van der Waals surface area contributed by atoms with Crippen LogP contribution in [0.3, 0.4) is 0 Å². The lowest BCUT2D eigenvalue weighted by molar-refractivity contribution is 0.155. The highest BCUT2D eigenvalue weighted by Gasteiger charge is 2.11. The van der Waals surface area contributed by atoms with Gasteiger partial charge in [0, 0.05) is 5.02 Å². The van der Waals surface area contributed by atoms with Gasteiger partial charge >= 0.3 is 6.09 Å². The summed E-state index contributed by atoms with van der Waals surface area (Å²) in [7, 11) is 0. The van der Waals surface area contributed by atoms with Gasteiger partial charge in [-0.05, 0) is 33.6 Å². The maximum absolute atomic E-state index is 11.7. The second-order valence-electron chi connectivity index (χ2n) is 3.97. The average molecular weight is 357 g/mol. The molecule has 0 bridgehead atoms. The van der Waals surface area contributed by atoms with Gasteiger partial charge < -0.3 is 9.84 Å². The molecular formula is C14H11BrClNO3. The number of nitrogens with one attached hydrogen (secondary N) is 1. The van der Waals surface area contributed by atoms with Crippen molar-refractivity contribution in [1.29, 1.82) is 0 Å². The van der Waals surface area contributed by atoms with Crippen LogP contribution in [0.25, 0.3) is 0 Å². The van der Waals surface area contributed by atoms with Crippen LogP contribution in [0.2, 0.25) is 5.02 Å². The Kier molecular flexibility index (Phi) is 4.87. The van der Waals surface area contributed by atoms with E-state index in [0.29, 0.717) is 9.50 Å². The van der Waals surface area contributed by atoms with Crippen molar-refractivity contribution in [2.45, 2.75) is 6.61 Å². The van der Waals surface area contributed by atoms with Crippen LogP contribution in [0.5, 0.6) is 5.75 Å². The number of carbonyl (C=O) groups excluding carboxylic acids is 1. The smallest absolute Gasteiger partial charge is 0.412 e. The van der Waals surface area contributed by atoms with Gasteiger partial charge in [0.25, 0.3) is 0 Å². The molecule has 0 saturated heterocycles. The Morgan fingerprint density at radius 3 is 2.70 bits per heavy atom. The van der Waals surface area contributed by atoms with E-state index in [0.717, 1.165) is 5.56 Å². The van der Waals surface area contributed by atoms with E-state index in [1.165, 1.54) is 12.1 Å². The molecule has 20 heavy (non-hydrogen) atoms. The molecule has 0 saturated carbocycles. The highest BCUT2D eigenvalue weighted by atomic mass is 79.9. The quantitative estimate of drug-likeness (QED) is 0.793. The largest absolute Gasteiger partial charge is 0.505 e. The molecule has 0 aliphatic carbocycles. The summed E-state index contributed by atoms with van der Waals surface area (Å²) < 4.78 is 5.44. The Balaban J connectivity index is 1.98. The number of hydrogen-bond acceptors (Lipinski definition) is 3. The highest BCUT2D eigenvalue weighted by Crippen LogP contribution is 2.35. The summed E-state index contributed by atoms with van der Waals surface area (Å²) in [6.45, 7) is 0.148. The third-order valence-corrected chi connectivity index (χ3v) is 3.30. The van der Waals surface area contributed by atoms with Crippen LogP contribution in [0.15, 0.2) is 46.9 Å². The van der Waals surface area contributed by atoms with Gasteiger partial charge in [-0.3, -0.25) is 5.32 Å². The number of halogens is 2. The van der Waals surface area contributed by atoms with Crippen LogP contribution >= 0.6 is 27.5 Å². The lowest BCUT2D eigenvalue weighted by Crippen LogP contribution is -2.13. The first kappa shape index (κ1) is 14.7. The molecule has 0 spiro atoms. The van der Waals surface area contributed by atoms with Crippen molar-refractivity contribution in [2.24, 2.45) is 0 Å². The van der Waals surface area contributed by atoms with Crippen LogP contribution in [0.4, 0.5) is 10.5 Å². The van der Waals surface area contributed by atoms with E-state index in [4.69, 9.17) is 16.3 Å². The SMILES string of the molecule is O=C(Nc1cc(Cl)cc(Br)c1O)OCc1ccccc1. The first-order valence-corrected chi connectivity index (χ1v) is 6.89. The predicted octanol–water partition coefficient (Wildman–Crippen LogP) is 4.56. The van der Waals surface area contributed by atoms with Crippen LogP contribution in [0, 0.1) is 0 Å². The van der Waals surface area contributed by atoms with E-state index in [2.05, 4.69) is 21.2 Å². The molecule has 0 aliphatic heterocycles. The van der Waals surface area contributed by atoms with Crippen LogP contribution in [0.1, 0.15) is 5.56 Å². The maximum atomic E-state index is 11.7. The number of rotatable bonds is 3. The topological polar surface area (TPSA) is 58.6 Å². The van der Waals surface area contributed by atoms with Crippen molar-refractivity contribution in [3.05, 3.63) is 57.5 Å². The fourth-order valence-corrected chi connectivity index (χ4v) is 2.34. The van der Waals surface area contributed by atoms with E-state index in [1.54, 1.807) is 0 Å². The van der Waals surface area contributed by atoms with Crippen LogP contribution < -0.4 is 5.32 Å². The van der Waals surface area contributed by atoms with Gasteiger partial charge in [0.2, 0.25) is 0 Å². The number of phenolic OH excluding ortho intramolecular Hbond substituents is 1. The van der Waals surface area contributed by atoms with E-state index in [-0.39, 0.29) is 18.0 Å². The van der Waals surface area contributed by atoms with Gasteiger partial charge in [-0.1, -0.05) is 41.9 Å². The van der Waals surface area contributed by atoms with E-state index in [1.807, 2.05) is 30.3 Å². The van der Waals surface area contributed by atoms with Gasteiger partial charge in [0.05, 0.1) is 10.2 Å². The lowest BCUT2D eigenvalue weighted by Gasteiger charge is -2.10. The van der Waals surface area contributed by atoms with Crippen LogP contribution in [-0.2, 0) is 11.3 Å². The first-order valence-electron chi connectivity index (χ1n) is 5.72. The van der Waals surface area contributed by atoms with E-state index < -0.39 is 6.09 Å². The maximum Gasteiger partial charge on any atom is 0.412 e. The van der Waals surface area contributed by atoms with Crippen molar-refractivity contribution < 1.29 is 14.6 Å². The molecule has 0 aromatic heterocycles. The second kappa shape index (κ2) is 6.63. The Bertz CT molecular complexity index is 619. The molecule has 0 fully saturated rings. The summed E-state index contributed by atoms with van der Waals surface area (Å²) in [5, 5.41) is 12.6. The molecule has 0 unspecified atom stereocenters. The molecular weight excluding hydrogens is 346 g/mol. The Morgan fingerprint density at radius 1 is 1.30 bits per heavy atom. The summed E-state index contributed by atoms with van der Waals surface area (Å²) in [5.41, 5.74) is 1.06. The number of aromatic hydroxyl groups is 1. The second-order valence-corrected chi connectivity index (χ2v) is 5.26. The number of carbonyl (C=O) groups is 1. The zero-order chi connectivity index (χ0) is 14.5. The zero-order valence-electron chi connectivity index (χ0n) is 10.3. The number of anilines is 1. The molecule has 0 radical (unpaired) electrons. The van der Waals surface area contributed by atoms with Crippen molar-refractivity contribution in [2.75, 3.05) is 5.32 Å². The molecule has 6 heteroatoms. The number of amides is 1. The normalized spacial score (nSPS) is 10.1. The molecule has 1 amide bonds. The summed E-state index contributed by atoms with van der Waals surface area (Å²) >= 11 is 8.98. The molecule has 0 aliphatic rings. The molecule has 2 aromatic carbocycles. The molecule has 0 atom stereocenters. The van der Waals surface area contributed by atoms with Crippen molar-refractivity contribution >= 4 is 39.3 Å². The number of phenols is 1. The minimum Gasteiger partial charge on any atom is -0.505 e. The Morgan fingerprint density at radius 2 is 2.00 bits per heavy atom. The lowest BCUT2D eigenvalue weighted by atomic mass is 10.2. The minimum absolute atomic E-state index is 0.105. The highest BCUT2D eigenvalue weighted by molar-refractivity contribution is 9.10. The standard InChI is InChI=1S/C14H11BrClNO3/c15-11-6-10(16)7-12(13(11)18)17-14(19)20-8-9-4-2-1-3-5-9/h1-7,18H,8H2,(H,17,19). The first-order chi connectivity index (χ1) is 9.56. The van der Waals surface area contributed by atoms with Gasteiger partial charge in [-0.25, -0.2) is 4.79 Å². The fourth-order valence-electron chi connectivity index (χ4n) is 1.53. The van der Waals surface area contributed by atoms with E-state index in [9.17, 15) is 9.90 Å². The van der Waals surface area contributed by atoms with Gasteiger partial charge in [0.15, 0.2) is 5.75 Å². The third kappa shape index (κ3) is 3.88. The Hall–Kier alpha value is -1.72. The summed E-state index contributed by atoms with van der Waals surface area (Å²) in [6.07, 6.45) is -0.668. The van der Waals surface area contributed by atoms with Crippen LogP contribution in [-0.4, -0.2) is 11.2 Å². The molecule has 0 heterocycles. The fraction of sp³-hybridized carbons (Fsp3) is 0.0714. The third-order valence-electron chi connectivity index (χ3n) is 2.48. The van der Waals surface area contributed by atoms with Crippen molar-refractivity contribution in [3.8, 4) is 5.75 Å². The average Bonchev–Trinajstić information content (AvgIpc) is 2.43. The van der Waals surface area contributed by atoms with Crippen molar-refractivity contribution in [3.63, 3.8) is 0 Å². The molecule has 2 N–H and O–H groups in total. The summed E-state index contributed by atoms with van der Waals surface area (Å²) in [6, 6.07) is 12.3. The van der Waals surface area contributed by atoms with Gasteiger partial charge in [-0.15, -0.1) is 0 Å². The zero-order valence-corrected chi connectivity index (χ0v) is 12.6. The number of hydrogen-bond donors (Lipinski definition) is 2. The predicted molar refractivity (Wildman–Crippen MR) is 81.1 cm³/mol. The Labute approximate surface area is 129 Å². The molecule has 2 rings (SSSR count). The van der Waals surface area contributed by atoms with Crippen molar-refractivity contribution in [1.82, 2.24) is 0 Å².